The summed E-state index contributed by atoms with van der Waals surface area (Å²) >= 11 is 3.54. The van der Waals surface area contributed by atoms with Crippen LogP contribution in [0, 0.1) is 5.41 Å². The van der Waals surface area contributed by atoms with Crippen molar-refractivity contribution in [2.24, 2.45) is 5.41 Å². The van der Waals surface area contributed by atoms with Crippen LogP contribution < -0.4 is 0 Å². The van der Waals surface area contributed by atoms with Crippen molar-refractivity contribution < 1.29 is 9.47 Å². The Bertz CT molecular complexity index is 728. The first-order valence-corrected chi connectivity index (χ1v) is 13.3. The summed E-state index contributed by atoms with van der Waals surface area (Å²) in [5, 5.41) is 8.83. The van der Waals surface area contributed by atoms with Gasteiger partial charge in [0.25, 0.3) is 0 Å². The van der Waals surface area contributed by atoms with Crippen LogP contribution in [-0.4, -0.2) is 61.3 Å². The van der Waals surface area contributed by atoms with Gasteiger partial charge in [0, 0.05) is 39.3 Å². The number of rotatable bonds is 6. The molecule has 2 aromatic heterocycles. The van der Waals surface area contributed by atoms with Crippen LogP contribution in [0.4, 0.5) is 0 Å². The van der Waals surface area contributed by atoms with E-state index in [1.54, 1.807) is 22.7 Å². The molecule has 30 heavy (non-hydrogen) atoms. The number of ether oxygens (including phenoxy) is 2. The van der Waals surface area contributed by atoms with E-state index >= 15 is 0 Å². The molecular formula is C24H34N2O2S2. The first-order chi connectivity index (χ1) is 14.6. The molecule has 5 rings (SSSR count). The summed E-state index contributed by atoms with van der Waals surface area (Å²) < 4.78 is 12.6. The third kappa shape index (κ3) is 4.69. The van der Waals surface area contributed by atoms with Crippen molar-refractivity contribution in [2.75, 3.05) is 39.3 Å². The molecule has 3 aliphatic rings. The van der Waals surface area contributed by atoms with Crippen molar-refractivity contribution in [1.29, 1.82) is 0 Å². The fourth-order valence-corrected chi connectivity index (χ4v) is 7.02. The Morgan fingerprint density at radius 3 is 1.70 bits per heavy atom. The molecule has 4 atom stereocenters. The minimum atomic E-state index is 0.225. The second-order valence-electron chi connectivity index (χ2n) is 9.73. The van der Waals surface area contributed by atoms with E-state index in [1.807, 2.05) is 0 Å². The maximum Gasteiger partial charge on any atom is 0.0964 e. The van der Waals surface area contributed by atoms with Crippen molar-refractivity contribution >= 4 is 22.7 Å². The van der Waals surface area contributed by atoms with Crippen LogP contribution in [0.2, 0.25) is 0 Å². The molecule has 0 amide bonds. The average Bonchev–Trinajstić information content (AvgIpc) is 3.39. The molecule has 0 unspecified atom stereocenters. The molecule has 2 aromatic rings. The van der Waals surface area contributed by atoms with E-state index < -0.39 is 0 Å². The standard InChI is InChI=1S/C24H34N2O2S2/c1-18-10-25(12-22(27-18)20-4-8-29-14-20)16-24(6-3-7-24)17-26-11-19(2)28-23(13-26)21-5-9-30-15-21/h4-5,8-9,14-15,18-19,22-23H,3,6-7,10-13,16-17H2,1-2H3/t18-,19+,22+,23-. The van der Waals surface area contributed by atoms with Crippen LogP contribution in [-0.2, 0) is 9.47 Å². The highest BCUT2D eigenvalue weighted by molar-refractivity contribution is 7.08. The van der Waals surface area contributed by atoms with Gasteiger partial charge in [0.15, 0.2) is 0 Å². The quantitative estimate of drug-likeness (QED) is 0.609. The summed E-state index contributed by atoms with van der Waals surface area (Å²) in [4.78, 5) is 5.38. The Morgan fingerprint density at radius 2 is 1.33 bits per heavy atom. The Kier molecular flexibility index (Phi) is 6.33. The van der Waals surface area contributed by atoms with E-state index in [4.69, 9.17) is 9.47 Å². The van der Waals surface area contributed by atoms with Gasteiger partial charge in [-0.25, -0.2) is 0 Å². The number of thiophene rings is 2. The first-order valence-electron chi connectivity index (χ1n) is 11.4. The van der Waals surface area contributed by atoms with E-state index in [0.717, 1.165) is 26.2 Å². The van der Waals surface area contributed by atoms with E-state index in [0.29, 0.717) is 17.6 Å². The largest absolute Gasteiger partial charge is 0.368 e. The second-order valence-corrected chi connectivity index (χ2v) is 11.3. The molecule has 0 spiro atoms. The lowest BCUT2D eigenvalue weighted by molar-refractivity contribution is -0.114. The highest BCUT2D eigenvalue weighted by atomic mass is 32.1. The van der Waals surface area contributed by atoms with E-state index in [1.165, 1.54) is 43.5 Å². The monoisotopic (exact) mass is 446 g/mol. The zero-order valence-electron chi connectivity index (χ0n) is 18.2. The van der Waals surface area contributed by atoms with E-state index in [-0.39, 0.29) is 12.2 Å². The third-order valence-corrected chi connectivity index (χ3v) is 8.44. The van der Waals surface area contributed by atoms with Crippen molar-refractivity contribution in [2.45, 2.75) is 57.5 Å². The molecule has 0 radical (unpaired) electrons. The van der Waals surface area contributed by atoms with Crippen molar-refractivity contribution in [1.82, 2.24) is 9.80 Å². The van der Waals surface area contributed by atoms with Crippen molar-refractivity contribution in [3.05, 3.63) is 44.8 Å². The second kappa shape index (κ2) is 9.00. The Hall–Kier alpha value is -0.760. The van der Waals surface area contributed by atoms with Gasteiger partial charge < -0.3 is 9.47 Å². The van der Waals surface area contributed by atoms with Gasteiger partial charge in [-0.3, -0.25) is 9.80 Å². The predicted molar refractivity (Wildman–Crippen MR) is 124 cm³/mol. The number of hydrogen-bond donors (Lipinski definition) is 0. The zero-order chi connectivity index (χ0) is 20.6. The lowest BCUT2D eigenvalue weighted by atomic mass is 9.67. The van der Waals surface area contributed by atoms with Crippen LogP contribution in [0.5, 0.6) is 0 Å². The highest BCUT2D eigenvalue weighted by Gasteiger charge is 2.43. The van der Waals surface area contributed by atoms with Crippen LogP contribution in [0.15, 0.2) is 33.7 Å². The molecule has 3 fully saturated rings. The van der Waals surface area contributed by atoms with Gasteiger partial charge >= 0.3 is 0 Å². The summed E-state index contributed by atoms with van der Waals surface area (Å²) in [5.74, 6) is 0. The maximum absolute atomic E-state index is 6.29. The third-order valence-electron chi connectivity index (χ3n) is 7.03. The molecule has 0 aromatic carbocycles. The molecule has 1 aliphatic carbocycles. The average molecular weight is 447 g/mol. The van der Waals surface area contributed by atoms with Crippen LogP contribution in [0.3, 0.4) is 0 Å². The van der Waals surface area contributed by atoms with Crippen molar-refractivity contribution in [3.8, 4) is 0 Å². The number of nitrogens with zero attached hydrogens (tertiary/aromatic N) is 2. The lowest BCUT2D eigenvalue weighted by Gasteiger charge is -2.51. The molecule has 2 saturated heterocycles. The van der Waals surface area contributed by atoms with Gasteiger partial charge in [-0.2, -0.15) is 22.7 Å². The summed E-state index contributed by atoms with van der Waals surface area (Å²) in [6.45, 7) is 11.0. The normalized spacial score (nSPS) is 32.7. The Labute approximate surface area is 188 Å². The van der Waals surface area contributed by atoms with Gasteiger partial charge in [0.1, 0.15) is 0 Å². The summed E-state index contributed by atoms with van der Waals surface area (Å²) in [7, 11) is 0. The SMILES string of the molecule is C[C@@H]1CN(CC2(CN3C[C@H](C)O[C@@H](c4ccsc4)C3)CCC2)C[C@@H](c2ccsc2)O1. The van der Waals surface area contributed by atoms with Crippen LogP contribution in [0.25, 0.3) is 0 Å². The molecule has 164 valence electrons. The Balaban J connectivity index is 1.24. The van der Waals surface area contributed by atoms with Gasteiger partial charge in [0.05, 0.1) is 24.4 Å². The fraction of sp³-hybridized carbons (Fsp3) is 0.667. The zero-order valence-corrected chi connectivity index (χ0v) is 19.8. The molecule has 2 aliphatic heterocycles. The predicted octanol–water partition coefficient (Wildman–Crippen LogP) is 5.20. The van der Waals surface area contributed by atoms with Gasteiger partial charge in [-0.15, -0.1) is 0 Å². The molecule has 0 bridgehead atoms. The van der Waals surface area contributed by atoms with E-state index in [9.17, 15) is 0 Å². The van der Waals surface area contributed by atoms with Crippen LogP contribution in [0.1, 0.15) is 56.4 Å². The highest BCUT2D eigenvalue weighted by Crippen LogP contribution is 2.44. The smallest absolute Gasteiger partial charge is 0.0964 e. The molecule has 6 heteroatoms. The summed E-state index contributed by atoms with van der Waals surface area (Å²) in [6, 6.07) is 4.45. The topological polar surface area (TPSA) is 24.9 Å². The van der Waals surface area contributed by atoms with Gasteiger partial charge in [-0.1, -0.05) is 6.42 Å². The van der Waals surface area contributed by atoms with Gasteiger partial charge in [-0.05, 0) is 76.9 Å². The minimum Gasteiger partial charge on any atom is -0.368 e. The fourth-order valence-electron chi connectivity index (χ4n) is 5.61. The first kappa shape index (κ1) is 21.1. The van der Waals surface area contributed by atoms with Gasteiger partial charge in [0.2, 0.25) is 0 Å². The molecule has 4 heterocycles. The summed E-state index contributed by atoms with van der Waals surface area (Å²) in [5.41, 5.74) is 3.13. The van der Waals surface area contributed by atoms with Crippen LogP contribution >= 0.6 is 22.7 Å². The van der Waals surface area contributed by atoms with Crippen molar-refractivity contribution in [3.63, 3.8) is 0 Å². The molecule has 1 saturated carbocycles. The number of hydrogen-bond acceptors (Lipinski definition) is 6. The molecule has 0 N–H and O–H groups in total. The lowest BCUT2D eigenvalue weighted by Crippen LogP contribution is -2.55. The molecular weight excluding hydrogens is 412 g/mol. The number of morpholine rings is 2. The summed E-state index contributed by atoms with van der Waals surface area (Å²) in [6.07, 6.45) is 5.14. The minimum absolute atomic E-state index is 0.225. The Morgan fingerprint density at radius 1 is 0.833 bits per heavy atom. The maximum atomic E-state index is 6.29. The van der Waals surface area contributed by atoms with E-state index in [2.05, 4.69) is 57.3 Å². The molecule has 4 nitrogen and oxygen atoms in total.